The molecule has 0 atom stereocenters. The Kier molecular flexibility index (Phi) is 6.20. The summed E-state index contributed by atoms with van der Waals surface area (Å²) < 4.78 is 23.0. The molecule has 0 bridgehead atoms. The Balaban J connectivity index is 1.96. The van der Waals surface area contributed by atoms with Crippen molar-refractivity contribution >= 4 is 40.7 Å². The van der Waals surface area contributed by atoms with E-state index in [9.17, 15) is 9.59 Å². The third kappa shape index (κ3) is 3.85. The highest BCUT2D eigenvalue weighted by Gasteiger charge is 2.60. The molecule has 0 spiro atoms. The average Bonchev–Trinajstić information content (AvgIpc) is 3.04. The molecule has 0 aliphatic carbocycles. The lowest BCUT2D eigenvalue weighted by molar-refractivity contribution is -0.402. The molecule has 0 amide bonds. The van der Waals surface area contributed by atoms with Crippen molar-refractivity contribution in [1.29, 1.82) is 0 Å². The van der Waals surface area contributed by atoms with E-state index in [0.29, 0.717) is 11.2 Å². The number of aromatic nitrogens is 4. The maximum atomic E-state index is 12.9. The molecular formula is C17H22ClN5O6. The molecule has 12 heteroatoms. The lowest BCUT2D eigenvalue weighted by atomic mass is 9.82. The third-order valence-electron chi connectivity index (χ3n) is 4.50. The first-order valence-electron chi connectivity index (χ1n) is 9.12. The normalized spacial score (nSPS) is 19.0. The molecule has 29 heavy (non-hydrogen) atoms. The number of esters is 2. The number of nitrogen functional groups attached to an aromatic ring is 1. The van der Waals surface area contributed by atoms with Crippen molar-refractivity contribution in [2.75, 3.05) is 18.9 Å². The minimum Gasteiger partial charge on any atom is -0.465 e. The standard InChI is InChI=1S/C17H22ClN5O6/c1-4-26-13(24)17(14(25)27-5-2,15-28-9(3)29-15)6-7-23-8-20-10-11(18)21-16(19)22-12(10)23/h8-9,15H,4-7H2,1-3H3,(H2,19,21,22). The fourth-order valence-electron chi connectivity index (χ4n) is 3.09. The summed E-state index contributed by atoms with van der Waals surface area (Å²) in [5, 5.41) is 0.104. The molecule has 0 aromatic carbocycles. The largest absolute Gasteiger partial charge is 0.465 e. The predicted molar refractivity (Wildman–Crippen MR) is 100 cm³/mol. The predicted octanol–water partition coefficient (Wildman–Crippen LogP) is 1.28. The SMILES string of the molecule is CCOC(=O)C(CCn1cnc2c(Cl)nc(N)nc21)(C(=O)OCC)C1OC(C)O1. The zero-order chi connectivity index (χ0) is 21.2. The fourth-order valence-corrected chi connectivity index (χ4v) is 3.31. The number of aryl methyl sites for hydroxylation is 1. The van der Waals surface area contributed by atoms with Crippen LogP contribution in [0.15, 0.2) is 6.33 Å². The zero-order valence-corrected chi connectivity index (χ0v) is 17.0. The molecule has 2 aromatic rings. The Labute approximate surface area is 171 Å². The van der Waals surface area contributed by atoms with E-state index < -0.39 is 29.9 Å². The fraction of sp³-hybridized carbons (Fsp3) is 0.588. The van der Waals surface area contributed by atoms with E-state index in [1.807, 2.05) is 0 Å². The Hall–Kier alpha value is -2.50. The van der Waals surface area contributed by atoms with Crippen LogP contribution in [0.2, 0.25) is 5.15 Å². The van der Waals surface area contributed by atoms with Gasteiger partial charge in [0, 0.05) is 6.54 Å². The van der Waals surface area contributed by atoms with Crippen molar-refractivity contribution in [3.8, 4) is 0 Å². The first-order chi connectivity index (χ1) is 13.8. The number of carbonyl (C=O) groups is 2. The van der Waals surface area contributed by atoms with Crippen LogP contribution in [0.3, 0.4) is 0 Å². The summed E-state index contributed by atoms with van der Waals surface area (Å²) in [6.45, 7) is 5.24. The van der Waals surface area contributed by atoms with Crippen LogP contribution in [0.25, 0.3) is 11.2 Å². The van der Waals surface area contributed by atoms with Gasteiger partial charge < -0.3 is 29.2 Å². The van der Waals surface area contributed by atoms with Gasteiger partial charge in [-0.25, -0.2) is 4.98 Å². The Morgan fingerprint density at radius 2 is 1.86 bits per heavy atom. The number of fused-ring (bicyclic) bond motifs is 1. The number of anilines is 1. The number of halogens is 1. The summed E-state index contributed by atoms with van der Waals surface area (Å²) in [5.74, 6) is -1.59. The second-order valence-corrected chi connectivity index (χ2v) is 6.67. The quantitative estimate of drug-likeness (QED) is 0.372. The topological polar surface area (TPSA) is 141 Å². The first kappa shape index (κ1) is 21.2. The van der Waals surface area contributed by atoms with Crippen LogP contribution in [0.5, 0.6) is 0 Å². The van der Waals surface area contributed by atoms with Crippen LogP contribution in [-0.4, -0.2) is 57.3 Å². The molecule has 0 radical (unpaired) electrons. The molecule has 3 heterocycles. The van der Waals surface area contributed by atoms with E-state index >= 15 is 0 Å². The molecule has 1 saturated heterocycles. The van der Waals surface area contributed by atoms with E-state index in [2.05, 4.69) is 15.0 Å². The third-order valence-corrected chi connectivity index (χ3v) is 4.76. The van der Waals surface area contributed by atoms with E-state index in [4.69, 9.17) is 36.3 Å². The van der Waals surface area contributed by atoms with Crippen LogP contribution in [0, 0.1) is 5.41 Å². The van der Waals surface area contributed by atoms with Crippen LogP contribution in [0.4, 0.5) is 5.95 Å². The summed E-state index contributed by atoms with van der Waals surface area (Å²) in [5.41, 5.74) is 4.58. The molecule has 0 saturated carbocycles. The minimum absolute atomic E-state index is 0.0224. The molecule has 158 valence electrons. The van der Waals surface area contributed by atoms with E-state index in [0.717, 1.165) is 0 Å². The summed E-state index contributed by atoms with van der Waals surface area (Å²) in [6, 6.07) is 0. The van der Waals surface area contributed by atoms with Gasteiger partial charge in [-0.3, -0.25) is 9.59 Å². The smallest absolute Gasteiger partial charge is 0.328 e. The van der Waals surface area contributed by atoms with Crippen LogP contribution >= 0.6 is 11.6 Å². The summed E-state index contributed by atoms with van der Waals surface area (Å²) in [6.07, 6.45) is -0.261. The van der Waals surface area contributed by atoms with Crippen molar-refractivity contribution in [1.82, 2.24) is 19.5 Å². The lowest BCUT2D eigenvalue weighted by Crippen LogP contribution is -2.59. The van der Waals surface area contributed by atoms with Crippen molar-refractivity contribution in [3.63, 3.8) is 0 Å². The Bertz CT molecular complexity index is 895. The maximum absolute atomic E-state index is 12.9. The van der Waals surface area contributed by atoms with Gasteiger partial charge in [0.15, 0.2) is 23.4 Å². The minimum atomic E-state index is -1.81. The van der Waals surface area contributed by atoms with E-state index in [1.54, 1.807) is 25.3 Å². The van der Waals surface area contributed by atoms with Crippen molar-refractivity contribution in [3.05, 3.63) is 11.5 Å². The molecule has 1 aliphatic heterocycles. The number of imidazole rings is 1. The van der Waals surface area contributed by atoms with Gasteiger partial charge in [0.1, 0.15) is 5.52 Å². The zero-order valence-electron chi connectivity index (χ0n) is 16.3. The second-order valence-electron chi connectivity index (χ2n) is 6.32. The van der Waals surface area contributed by atoms with E-state index in [-0.39, 0.29) is 37.3 Å². The number of nitrogens with two attached hydrogens (primary N) is 1. The van der Waals surface area contributed by atoms with Crippen molar-refractivity contribution in [2.24, 2.45) is 5.41 Å². The van der Waals surface area contributed by atoms with Crippen LogP contribution < -0.4 is 5.73 Å². The number of nitrogens with zero attached hydrogens (tertiary/aromatic N) is 4. The molecular weight excluding hydrogens is 406 g/mol. The Morgan fingerprint density at radius 3 is 2.41 bits per heavy atom. The number of hydrogen-bond acceptors (Lipinski definition) is 10. The highest BCUT2D eigenvalue weighted by molar-refractivity contribution is 6.33. The molecule has 1 aliphatic rings. The first-order valence-corrected chi connectivity index (χ1v) is 9.50. The van der Waals surface area contributed by atoms with Crippen molar-refractivity contribution < 1.29 is 28.5 Å². The summed E-state index contributed by atoms with van der Waals surface area (Å²) in [4.78, 5) is 37.9. The van der Waals surface area contributed by atoms with Crippen LogP contribution in [-0.2, 0) is 35.1 Å². The maximum Gasteiger partial charge on any atom is 0.328 e. The second kappa shape index (κ2) is 8.47. The van der Waals surface area contributed by atoms with Gasteiger partial charge in [-0.05, 0) is 27.2 Å². The molecule has 2 N–H and O–H groups in total. The number of ether oxygens (including phenoxy) is 4. The number of carbonyl (C=O) groups excluding carboxylic acids is 2. The van der Waals surface area contributed by atoms with Gasteiger partial charge in [-0.2, -0.15) is 9.97 Å². The highest BCUT2D eigenvalue weighted by atomic mass is 35.5. The van der Waals surface area contributed by atoms with Gasteiger partial charge in [-0.15, -0.1) is 0 Å². The summed E-state index contributed by atoms with van der Waals surface area (Å²) in [7, 11) is 0. The van der Waals surface area contributed by atoms with Gasteiger partial charge >= 0.3 is 11.9 Å². The average molecular weight is 428 g/mol. The van der Waals surface area contributed by atoms with Gasteiger partial charge in [0.05, 0.1) is 19.5 Å². The molecule has 11 nitrogen and oxygen atoms in total. The summed E-state index contributed by atoms with van der Waals surface area (Å²) >= 11 is 6.05. The molecule has 0 unspecified atom stereocenters. The van der Waals surface area contributed by atoms with Crippen molar-refractivity contribution in [2.45, 2.75) is 46.3 Å². The van der Waals surface area contributed by atoms with Gasteiger partial charge in [0.2, 0.25) is 11.4 Å². The Morgan fingerprint density at radius 1 is 1.24 bits per heavy atom. The number of rotatable bonds is 8. The lowest BCUT2D eigenvalue weighted by Gasteiger charge is -2.43. The molecule has 2 aromatic heterocycles. The van der Waals surface area contributed by atoms with Gasteiger partial charge in [-0.1, -0.05) is 11.6 Å². The molecule has 1 fully saturated rings. The number of hydrogen-bond donors (Lipinski definition) is 1. The van der Waals surface area contributed by atoms with E-state index in [1.165, 1.54) is 6.33 Å². The highest BCUT2D eigenvalue weighted by Crippen LogP contribution is 2.40. The van der Waals surface area contributed by atoms with Crippen LogP contribution in [0.1, 0.15) is 27.2 Å². The monoisotopic (exact) mass is 427 g/mol. The molecule has 3 rings (SSSR count). The van der Waals surface area contributed by atoms with Gasteiger partial charge in [0.25, 0.3) is 0 Å².